The highest BCUT2D eigenvalue weighted by Crippen LogP contribution is 2.37. The maximum Gasteiger partial charge on any atom is 0.325 e. The summed E-state index contributed by atoms with van der Waals surface area (Å²) in [6.45, 7) is 1.44. The molecule has 1 N–H and O–H groups in total. The molecule has 1 aromatic heterocycles. The number of hydrogen-bond donors (Lipinski definition) is 1. The molecule has 1 aliphatic heterocycles. The maximum absolute atomic E-state index is 13.9. The van der Waals surface area contributed by atoms with Gasteiger partial charge in [-0.15, -0.1) is 0 Å². The lowest BCUT2D eigenvalue weighted by Gasteiger charge is -2.31. The minimum absolute atomic E-state index is 0.234. The van der Waals surface area contributed by atoms with Crippen LogP contribution in [0.1, 0.15) is 18.7 Å². The Morgan fingerprint density at radius 3 is 2.74 bits per heavy atom. The van der Waals surface area contributed by atoms with Gasteiger partial charge in [0.15, 0.2) is 0 Å². The van der Waals surface area contributed by atoms with Crippen LogP contribution < -0.4 is 15.1 Å². The first-order valence-corrected chi connectivity index (χ1v) is 9.48. The minimum Gasteiger partial charge on any atom is -0.291 e. The van der Waals surface area contributed by atoms with Crippen molar-refractivity contribution in [1.82, 2.24) is 10.1 Å². The number of anilines is 1. The van der Waals surface area contributed by atoms with Crippen molar-refractivity contribution in [1.29, 1.82) is 0 Å². The fourth-order valence-corrected chi connectivity index (χ4v) is 3.74. The summed E-state index contributed by atoms with van der Waals surface area (Å²) >= 11 is 1.28. The van der Waals surface area contributed by atoms with E-state index in [0.717, 1.165) is 0 Å². The van der Waals surface area contributed by atoms with Crippen LogP contribution in [0.15, 0.2) is 58.5 Å². The zero-order chi connectivity index (χ0) is 19.1. The molecular formula is C19H16FN4O2S+. The number of amides is 1. The largest absolute Gasteiger partial charge is 0.325 e. The average molecular weight is 383 g/mol. The molecule has 0 radical (unpaired) electrons. The fraction of sp³-hybridized carbons (Fsp3) is 0.158. The third kappa shape index (κ3) is 2.82. The Morgan fingerprint density at radius 1 is 1.26 bits per heavy atom. The predicted octanol–water partition coefficient (Wildman–Crippen LogP) is 2.50. The molecule has 4 rings (SSSR count). The molecule has 0 saturated carbocycles. The van der Waals surface area contributed by atoms with Crippen LogP contribution >= 0.6 is 11.8 Å². The first kappa shape index (κ1) is 17.4. The van der Waals surface area contributed by atoms with Crippen LogP contribution in [-0.4, -0.2) is 22.2 Å². The summed E-state index contributed by atoms with van der Waals surface area (Å²) in [5, 5.41) is 4.93. The average Bonchev–Trinajstić information content (AvgIpc) is 2.66. The Bertz CT molecular complexity index is 1110. The van der Waals surface area contributed by atoms with E-state index >= 15 is 0 Å². The number of fused-ring (bicyclic) bond motifs is 3. The summed E-state index contributed by atoms with van der Waals surface area (Å²) in [7, 11) is 0. The standard InChI is InChI=1S/C19H15FN4O2S/c1-11(25)23-15-9-4-3-8-14(15)16-17(26)21-19(27-2)22-24(16)18(23)12-6-5-7-13(20)10-12/h3-10,18H,1-2H3/p+1/t18-/m0/s1. The number of aromatic nitrogens is 3. The van der Waals surface area contributed by atoms with Crippen LogP contribution in [0.5, 0.6) is 0 Å². The third-order valence-electron chi connectivity index (χ3n) is 4.44. The number of nitrogens with zero attached hydrogens (tertiary/aromatic N) is 3. The number of aromatic amines is 1. The number of carbonyl (C=O) groups is 1. The second-order valence-corrected chi connectivity index (χ2v) is 6.89. The number of thioether (sulfide) groups is 1. The lowest BCUT2D eigenvalue weighted by Crippen LogP contribution is -2.60. The summed E-state index contributed by atoms with van der Waals surface area (Å²) in [4.78, 5) is 29.7. The summed E-state index contributed by atoms with van der Waals surface area (Å²) in [6.07, 6.45) is 1.03. The van der Waals surface area contributed by atoms with Gasteiger partial charge in [-0.2, -0.15) is 0 Å². The second kappa shape index (κ2) is 6.62. The molecule has 6 nitrogen and oxygen atoms in total. The Balaban J connectivity index is 2.10. The van der Waals surface area contributed by atoms with Gasteiger partial charge in [0, 0.05) is 17.6 Å². The molecule has 0 aliphatic carbocycles. The van der Waals surface area contributed by atoms with Gasteiger partial charge in [0.2, 0.25) is 11.1 Å². The van der Waals surface area contributed by atoms with E-state index < -0.39 is 12.0 Å². The monoisotopic (exact) mass is 383 g/mol. The molecular weight excluding hydrogens is 367 g/mol. The van der Waals surface area contributed by atoms with E-state index in [1.165, 1.54) is 40.4 Å². The van der Waals surface area contributed by atoms with Crippen molar-refractivity contribution in [3.05, 3.63) is 70.3 Å². The molecule has 136 valence electrons. The number of para-hydroxylation sites is 1. The molecule has 8 heteroatoms. The van der Waals surface area contributed by atoms with E-state index in [1.54, 1.807) is 42.7 Å². The Kier molecular flexibility index (Phi) is 4.27. The van der Waals surface area contributed by atoms with Crippen LogP contribution in [0.25, 0.3) is 11.3 Å². The zero-order valence-corrected chi connectivity index (χ0v) is 15.5. The summed E-state index contributed by atoms with van der Waals surface area (Å²) in [5.74, 6) is -0.658. The number of benzene rings is 2. The topological polar surface area (TPSA) is 69.9 Å². The predicted molar refractivity (Wildman–Crippen MR) is 100.0 cm³/mol. The van der Waals surface area contributed by atoms with E-state index in [-0.39, 0.29) is 11.5 Å². The number of halogens is 1. The van der Waals surface area contributed by atoms with Crippen LogP contribution in [0, 0.1) is 5.82 Å². The summed E-state index contributed by atoms with van der Waals surface area (Å²) in [5.41, 5.74) is 1.72. The molecule has 0 bridgehead atoms. The second-order valence-electron chi connectivity index (χ2n) is 6.09. The molecule has 27 heavy (non-hydrogen) atoms. The highest BCUT2D eigenvalue weighted by molar-refractivity contribution is 7.98. The van der Waals surface area contributed by atoms with Gasteiger partial charge in [0.1, 0.15) is 5.82 Å². The fourth-order valence-electron chi connectivity index (χ4n) is 3.37. The van der Waals surface area contributed by atoms with Gasteiger partial charge in [-0.1, -0.05) is 30.0 Å². The first-order chi connectivity index (χ1) is 13.0. The van der Waals surface area contributed by atoms with Crippen molar-refractivity contribution >= 4 is 23.4 Å². The van der Waals surface area contributed by atoms with Gasteiger partial charge in [-0.05, 0) is 41.3 Å². The minimum atomic E-state index is -0.767. The summed E-state index contributed by atoms with van der Waals surface area (Å²) < 4.78 is 15.4. The Hall–Kier alpha value is -3.00. The quantitative estimate of drug-likeness (QED) is 0.545. The van der Waals surface area contributed by atoms with Crippen molar-refractivity contribution in [2.24, 2.45) is 0 Å². The van der Waals surface area contributed by atoms with Crippen molar-refractivity contribution in [2.75, 3.05) is 11.2 Å². The maximum atomic E-state index is 13.9. The molecule has 0 spiro atoms. The number of H-pyrrole nitrogens is 1. The molecule has 2 heterocycles. The van der Waals surface area contributed by atoms with Crippen LogP contribution in [0.3, 0.4) is 0 Å². The highest BCUT2D eigenvalue weighted by atomic mass is 32.2. The Labute approximate surface area is 158 Å². The highest BCUT2D eigenvalue weighted by Gasteiger charge is 2.44. The van der Waals surface area contributed by atoms with E-state index in [0.29, 0.717) is 27.7 Å². The number of hydrogen-bond acceptors (Lipinski definition) is 4. The van der Waals surface area contributed by atoms with Gasteiger partial charge in [-0.25, -0.2) is 9.29 Å². The van der Waals surface area contributed by atoms with Gasteiger partial charge in [0.25, 0.3) is 6.17 Å². The van der Waals surface area contributed by atoms with Gasteiger partial charge < -0.3 is 0 Å². The zero-order valence-electron chi connectivity index (χ0n) is 14.6. The smallest absolute Gasteiger partial charge is 0.291 e. The van der Waals surface area contributed by atoms with Gasteiger partial charge in [-0.3, -0.25) is 14.6 Å². The van der Waals surface area contributed by atoms with Gasteiger partial charge >= 0.3 is 11.3 Å². The van der Waals surface area contributed by atoms with Crippen molar-refractivity contribution in [3.63, 3.8) is 0 Å². The lowest BCUT2D eigenvalue weighted by atomic mass is 10.0. The van der Waals surface area contributed by atoms with E-state index in [9.17, 15) is 14.0 Å². The molecule has 1 aliphatic rings. The van der Waals surface area contributed by atoms with Crippen molar-refractivity contribution in [3.8, 4) is 11.3 Å². The van der Waals surface area contributed by atoms with Gasteiger partial charge in [0.05, 0.1) is 11.3 Å². The van der Waals surface area contributed by atoms with Crippen LogP contribution in [-0.2, 0) is 4.79 Å². The molecule has 1 atom stereocenters. The molecule has 0 fully saturated rings. The van der Waals surface area contributed by atoms with Crippen molar-refractivity contribution < 1.29 is 13.9 Å². The van der Waals surface area contributed by atoms with E-state index in [2.05, 4.69) is 10.1 Å². The SMILES string of the molecule is CSc1n[n+]2c(c(=O)[nH]1)-c1ccccc1N(C(C)=O)[C@@H]2c1cccc(F)c1. The summed E-state index contributed by atoms with van der Waals surface area (Å²) in [6, 6.07) is 13.1. The first-order valence-electron chi connectivity index (χ1n) is 8.26. The molecule has 0 saturated heterocycles. The lowest BCUT2D eigenvalue weighted by molar-refractivity contribution is -0.763. The Morgan fingerprint density at radius 2 is 2.04 bits per heavy atom. The third-order valence-corrected chi connectivity index (χ3v) is 5.01. The molecule has 2 aromatic carbocycles. The number of rotatable bonds is 2. The number of carbonyl (C=O) groups excluding carboxylic acids is 1. The normalized spacial score (nSPS) is 15.2. The van der Waals surface area contributed by atoms with Crippen LogP contribution in [0.2, 0.25) is 0 Å². The molecule has 0 unspecified atom stereocenters. The van der Waals surface area contributed by atoms with Crippen molar-refractivity contribution in [2.45, 2.75) is 18.2 Å². The molecule has 3 aromatic rings. The van der Waals surface area contributed by atoms with Crippen LogP contribution in [0.4, 0.5) is 10.1 Å². The number of nitrogens with one attached hydrogen (secondary N) is 1. The van der Waals surface area contributed by atoms with E-state index in [1.807, 2.05) is 0 Å². The molecule has 1 amide bonds. The van der Waals surface area contributed by atoms with E-state index in [4.69, 9.17) is 0 Å².